The van der Waals surface area contributed by atoms with Crippen LogP contribution in [0.15, 0.2) is 0 Å². The largest absolute Gasteiger partial charge is 0.481 e. The SMILES string of the molecule is CC(C)C(C)NC(=O)CN(C)CCCC(=O)O. The summed E-state index contributed by atoms with van der Waals surface area (Å²) in [5.41, 5.74) is 0. The molecule has 0 spiro atoms. The highest BCUT2D eigenvalue weighted by atomic mass is 16.4. The first kappa shape index (κ1) is 15.9. The maximum Gasteiger partial charge on any atom is 0.303 e. The van der Waals surface area contributed by atoms with E-state index in [0.717, 1.165) is 0 Å². The Kier molecular flexibility index (Phi) is 7.54. The van der Waals surface area contributed by atoms with Crippen molar-refractivity contribution in [2.45, 2.75) is 39.7 Å². The molecule has 5 nitrogen and oxygen atoms in total. The van der Waals surface area contributed by atoms with Crippen LogP contribution >= 0.6 is 0 Å². The van der Waals surface area contributed by atoms with Gasteiger partial charge >= 0.3 is 5.97 Å². The highest BCUT2D eigenvalue weighted by Crippen LogP contribution is 1.99. The van der Waals surface area contributed by atoms with Gasteiger partial charge in [-0.2, -0.15) is 0 Å². The maximum absolute atomic E-state index is 11.6. The number of hydrogen-bond acceptors (Lipinski definition) is 3. The van der Waals surface area contributed by atoms with Crippen LogP contribution in [0.2, 0.25) is 0 Å². The van der Waals surface area contributed by atoms with Gasteiger partial charge in [0, 0.05) is 12.5 Å². The second kappa shape index (κ2) is 8.06. The van der Waals surface area contributed by atoms with Crippen LogP contribution < -0.4 is 5.32 Å². The van der Waals surface area contributed by atoms with Crippen molar-refractivity contribution in [3.63, 3.8) is 0 Å². The van der Waals surface area contributed by atoms with Gasteiger partial charge in [-0.05, 0) is 32.9 Å². The third kappa shape index (κ3) is 8.68. The van der Waals surface area contributed by atoms with Crippen molar-refractivity contribution in [3.05, 3.63) is 0 Å². The lowest BCUT2D eigenvalue weighted by Crippen LogP contribution is -2.42. The summed E-state index contributed by atoms with van der Waals surface area (Å²) in [4.78, 5) is 23.8. The molecule has 1 unspecified atom stereocenters. The van der Waals surface area contributed by atoms with Crippen LogP contribution in [0, 0.1) is 5.92 Å². The van der Waals surface area contributed by atoms with Gasteiger partial charge < -0.3 is 10.4 Å². The van der Waals surface area contributed by atoms with Crippen LogP contribution in [-0.4, -0.2) is 48.1 Å². The summed E-state index contributed by atoms with van der Waals surface area (Å²) in [6.07, 6.45) is 0.715. The van der Waals surface area contributed by atoms with Crippen molar-refractivity contribution in [2.24, 2.45) is 5.92 Å². The fourth-order valence-corrected chi connectivity index (χ4v) is 1.29. The normalized spacial score (nSPS) is 12.8. The van der Waals surface area contributed by atoms with E-state index in [9.17, 15) is 9.59 Å². The predicted molar refractivity (Wildman–Crippen MR) is 66.8 cm³/mol. The highest BCUT2D eigenvalue weighted by molar-refractivity contribution is 5.78. The molecule has 0 saturated heterocycles. The minimum absolute atomic E-state index is 0.0102. The van der Waals surface area contributed by atoms with Gasteiger partial charge in [0.1, 0.15) is 0 Å². The molecule has 0 rings (SSSR count). The van der Waals surface area contributed by atoms with Crippen LogP contribution in [0.1, 0.15) is 33.6 Å². The molecule has 0 saturated carbocycles. The average Bonchev–Trinajstić information content (AvgIpc) is 2.16. The molecule has 0 heterocycles. The molecule has 100 valence electrons. The minimum Gasteiger partial charge on any atom is -0.481 e. The molecule has 0 bridgehead atoms. The van der Waals surface area contributed by atoms with E-state index >= 15 is 0 Å². The Morgan fingerprint density at radius 2 is 1.88 bits per heavy atom. The molecule has 0 aliphatic carbocycles. The Morgan fingerprint density at radius 1 is 1.29 bits per heavy atom. The summed E-state index contributed by atoms with van der Waals surface area (Å²) in [6, 6.07) is 0.162. The number of amides is 1. The summed E-state index contributed by atoms with van der Waals surface area (Å²) >= 11 is 0. The van der Waals surface area contributed by atoms with Crippen molar-refractivity contribution >= 4 is 11.9 Å². The number of hydrogen-bond donors (Lipinski definition) is 2. The Hall–Kier alpha value is -1.10. The van der Waals surface area contributed by atoms with Crippen molar-refractivity contribution in [3.8, 4) is 0 Å². The monoisotopic (exact) mass is 244 g/mol. The first-order chi connectivity index (χ1) is 7.82. The topological polar surface area (TPSA) is 69.6 Å². The van der Waals surface area contributed by atoms with Crippen molar-refractivity contribution in [1.29, 1.82) is 0 Å². The summed E-state index contributed by atoms with van der Waals surface area (Å²) in [5.74, 6) is -0.392. The molecule has 0 aliphatic rings. The number of carboxylic acids is 1. The fraction of sp³-hybridized carbons (Fsp3) is 0.833. The first-order valence-electron chi connectivity index (χ1n) is 6.02. The van der Waals surface area contributed by atoms with E-state index in [-0.39, 0.29) is 18.4 Å². The van der Waals surface area contributed by atoms with E-state index in [4.69, 9.17) is 5.11 Å². The molecule has 2 N–H and O–H groups in total. The number of carbonyl (C=O) groups is 2. The molecule has 0 aliphatic heterocycles. The van der Waals surface area contributed by atoms with Crippen LogP contribution in [0.3, 0.4) is 0 Å². The van der Waals surface area contributed by atoms with E-state index < -0.39 is 5.97 Å². The summed E-state index contributed by atoms with van der Waals surface area (Å²) in [7, 11) is 1.82. The Balaban J connectivity index is 3.76. The molecule has 0 aromatic carbocycles. The number of aliphatic carboxylic acids is 1. The van der Waals surface area contributed by atoms with Gasteiger partial charge in [0.15, 0.2) is 0 Å². The lowest BCUT2D eigenvalue weighted by atomic mass is 10.1. The number of rotatable bonds is 8. The van der Waals surface area contributed by atoms with E-state index in [1.807, 2.05) is 18.9 Å². The zero-order valence-electron chi connectivity index (χ0n) is 11.2. The fourth-order valence-electron chi connectivity index (χ4n) is 1.29. The van der Waals surface area contributed by atoms with Crippen molar-refractivity contribution in [2.75, 3.05) is 20.1 Å². The molecule has 5 heteroatoms. The molecular formula is C12H24N2O3. The number of carboxylic acid groups (broad SMARTS) is 1. The summed E-state index contributed by atoms with van der Waals surface area (Å²) < 4.78 is 0. The molecule has 17 heavy (non-hydrogen) atoms. The highest BCUT2D eigenvalue weighted by Gasteiger charge is 2.12. The van der Waals surface area contributed by atoms with E-state index in [2.05, 4.69) is 19.2 Å². The molecule has 0 aromatic rings. The standard InChI is InChI=1S/C12H24N2O3/c1-9(2)10(3)13-11(15)8-14(4)7-5-6-12(16)17/h9-10H,5-8H2,1-4H3,(H,13,15)(H,16,17). The number of nitrogens with zero attached hydrogens (tertiary/aromatic N) is 1. The van der Waals surface area contributed by atoms with E-state index in [0.29, 0.717) is 25.4 Å². The van der Waals surface area contributed by atoms with Crippen molar-refractivity contribution in [1.82, 2.24) is 10.2 Å². The van der Waals surface area contributed by atoms with Gasteiger partial charge in [-0.1, -0.05) is 13.8 Å². The number of nitrogens with one attached hydrogen (secondary N) is 1. The third-order valence-corrected chi connectivity index (χ3v) is 2.73. The third-order valence-electron chi connectivity index (χ3n) is 2.73. The summed E-state index contributed by atoms with van der Waals surface area (Å²) in [5, 5.41) is 11.4. The quantitative estimate of drug-likeness (QED) is 0.667. The predicted octanol–water partition coefficient (Wildman–Crippen LogP) is 0.944. The molecule has 1 amide bonds. The van der Waals surface area contributed by atoms with Gasteiger partial charge in [-0.3, -0.25) is 14.5 Å². The Bertz CT molecular complexity index is 254. The number of likely N-dealkylation sites (N-methyl/N-ethyl adjacent to an activating group) is 1. The second-order valence-electron chi connectivity index (χ2n) is 4.84. The van der Waals surface area contributed by atoms with Crippen molar-refractivity contribution < 1.29 is 14.7 Å². The second-order valence-corrected chi connectivity index (χ2v) is 4.84. The van der Waals surface area contributed by atoms with Crippen LogP contribution in [0.25, 0.3) is 0 Å². The first-order valence-corrected chi connectivity index (χ1v) is 6.02. The summed E-state index contributed by atoms with van der Waals surface area (Å²) in [6.45, 7) is 7.03. The van der Waals surface area contributed by atoms with Gasteiger partial charge in [-0.25, -0.2) is 0 Å². The van der Waals surface area contributed by atoms with Gasteiger partial charge in [0.05, 0.1) is 6.54 Å². The Labute approximate surface area is 103 Å². The smallest absolute Gasteiger partial charge is 0.303 e. The van der Waals surface area contributed by atoms with Gasteiger partial charge in [0.25, 0.3) is 0 Å². The molecule has 0 fully saturated rings. The molecule has 0 radical (unpaired) electrons. The zero-order chi connectivity index (χ0) is 13.4. The molecule has 0 aromatic heterocycles. The molecular weight excluding hydrogens is 220 g/mol. The zero-order valence-corrected chi connectivity index (χ0v) is 11.2. The maximum atomic E-state index is 11.6. The van der Waals surface area contributed by atoms with Gasteiger partial charge in [0.2, 0.25) is 5.91 Å². The lowest BCUT2D eigenvalue weighted by Gasteiger charge is -2.20. The number of carbonyl (C=O) groups excluding carboxylic acids is 1. The lowest BCUT2D eigenvalue weighted by molar-refractivity contribution is -0.137. The van der Waals surface area contributed by atoms with E-state index in [1.54, 1.807) is 0 Å². The van der Waals surface area contributed by atoms with Crippen LogP contribution in [0.4, 0.5) is 0 Å². The van der Waals surface area contributed by atoms with Crippen LogP contribution in [0.5, 0.6) is 0 Å². The average molecular weight is 244 g/mol. The van der Waals surface area contributed by atoms with Crippen LogP contribution in [-0.2, 0) is 9.59 Å². The Morgan fingerprint density at radius 3 is 2.35 bits per heavy atom. The molecule has 1 atom stereocenters. The van der Waals surface area contributed by atoms with Gasteiger partial charge in [-0.15, -0.1) is 0 Å². The minimum atomic E-state index is -0.795. The van der Waals surface area contributed by atoms with E-state index in [1.165, 1.54) is 0 Å².